The molecule has 0 aliphatic carbocycles. The van der Waals surface area contributed by atoms with Crippen molar-refractivity contribution in [2.75, 3.05) is 0 Å². The fraction of sp³-hybridized carbons (Fsp3) is 0.100. The van der Waals surface area contributed by atoms with E-state index in [2.05, 4.69) is 27.7 Å². The van der Waals surface area contributed by atoms with Gasteiger partial charge in [-0.3, -0.25) is 10.4 Å². The van der Waals surface area contributed by atoms with Gasteiger partial charge in [-0.2, -0.15) is 5.10 Å². The molecule has 4 nitrogen and oxygen atoms in total. The summed E-state index contributed by atoms with van der Waals surface area (Å²) in [6.07, 6.45) is 5.42. The molecule has 1 aromatic heterocycles. The third kappa shape index (κ3) is 4.87. The molecule has 1 rings (SSSR count). The molecule has 0 saturated heterocycles. The van der Waals surface area contributed by atoms with Gasteiger partial charge in [0.15, 0.2) is 5.11 Å². The number of pyridine rings is 1. The van der Waals surface area contributed by atoms with Crippen molar-refractivity contribution in [2.45, 2.75) is 6.92 Å². The number of hydrogen-bond donors (Lipinski definition) is 2. The number of allylic oxidation sites excluding steroid dienone is 1. The molecule has 0 bridgehead atoms. The van der Waals surface area contributed by atoms with Gasteiger partial charge in [-0.1, -0.05) is 6.07 Å². The number of rotatable bonds is 3. The summed E-state index contributed by atoms with van der Waals surface area (Å²) in [5, 5.41) is 4.08. The standard InChI is InChI=1S/C10H12N4S/c1-8(13-14-10(11)15)5-6-9-4-2-3-7-12-9/h2-7H,1H3,(H3,11,14,15)/b6-5+,13-8+. The van der Waals surface area contributed by atoms with Crippen LogP contribution in [0.3, 0.4) is 0 Å². The Hall–Kier alpha value is -1.75. The van der Waals surface area contributed by atoms with Crippen LogP contribution in [0.4, 0.5) is 0 Å². The second-order valence-corrected chi connectivity index (χ2v) is 3.26. The van der Waals surface area contributed by atoms with Crippen LogP contribution < -0.4 is 11.2 Å². The Labute approximate surface area is 93.9 Å². The maximum atomic E-state index is 5.22. The zero-order valence-corrected chi connectivity index (χ0v) is 9.16. The highest BCUT2D eigenvalue weighted by atomic mass is 32.1. The van der Waals surface area contributed by atoms with Crippen LogP contribution in [0.15, 0.2) is 35.6 Å². The molecule has 15 heavy (non-hydrogen) atoms. The zero-order chi connectivity index (χ0) is 11.1. The number of thiocarbonyl (C=S) groups is 1. The van der Waals surface area contributed by atoms with Crippen molar-refractivity contribution < 1.29 is 0 Å². The molecule has 0 fully saturated rings. The fourth-order valence-corrected chi connectivity index (χ4v) is 0.907. The molecule has 0 spiro atoms. The van der Waals surface area contributed by atoms with E-state index in [-0.39, 0.29) is 5.11 Å². The number of nitrogens with two attached hydrogens (primary N) is 1. The smallest absolute Gasteiger partial charge is 0.184 e. The minimum absolute atomic E-state index is 0.153. The van der Waals surface area contributed by atoms with Crippen molar-refractivity contribution in [3.63, 3.8) is 0 Å². The lowest BCUT2D eigenvalue weighted by Gasteiger charge is -1.95. The second kappa shape index (κ2) is 5.87. The van der Waals surface area contributed by atoms with E-state index in [9.17, 15) is 0 Å². The summed E-state index contributed by atoms with van der Waals surface area (Å²) in [7, 11) is 0. The molecular weight excluding hydrogens is 208 g/mol. The molecule has 1 aromatic rings. The summed E-state index contributed by atoms with van der Waals surface area (Å²) in [5.74, 6) is 0. The lowest BCUT2D eigenvalue weighted by Crippen LogP contribution is -2.24. The quantitative estimate of drug-likeness (QED) is 0.458. The summed E-state index contributed by atoms with van der Waals surface area (Å²) < 4.78 is 0. The van der Waals surface area contributed by atoms with Crippen molar-refractivity contribution in [2.24, 2.45) is 10.8 Å². The van der Waals surface area contributed by atoms with Crippen LogP contribution in [0.5, 0.6) is 0 Å². The van der Waals surface area contributed by atoms with Crippen LogP contribution in [0.2, 0.25) is 0 Å². The molecule has 0 aliphatic rings. The number of nitrogens with zero attached hydrogens (tertiary/aromatic N) is 2. The molecule has 3 N–H and O–H groups in total. The van der Waals surface area contributed by atoms with Gasteiger partial charge in [0, 0.05) is 6.20 Å². The Kier molecular flexibility index (Phi) is 4.43. The average Bonchev–Trinajstić information content (AvgIpc) is 2.25. The van der Waals surface area contributed by atoms with Crippen LogP contribution >= 0.6 is 12.2 Å². The Balaban J connectivity index is 2.58. The molecule has 78 valence electrons. The Morgan fingerprint density at radius 3 is 3.00 bits per heavy atom. The molecule has 0 aliphatic heterocycles. The predicted octanol–water partition coefficient (Wildman–Crippen LogP) is 1.30. The Bertz CT molecular complexity index is 384. The topological polar surface area (TPSA) is 63.3 Å². The van der Waals surface area contributed by atoms with Gasteiger partial charge in [-0.05, 0) is 43.4 Å². The van der Waals surface area contributed by atoms with E-state index in [0.717, 1.165) is 11.4 Å². The molecule has 0 saturated carbocycles. The Morgan fingerprint density at radius 1 is 1.60 bits per heavy atom. The van der Waals surface area contributed by atoms with Gasteiger partial charge in [0.05, 0.1) is 11.4 Å². The fourth-order valence-electron chi connectivity index (χ4n) is 0.861. The van der Waals surface area contributed by atoms with Crippen molar-refractivity contribution in [3.05, 3.63) is 36.2 Å². The highest BCUT2D eigenvalue weighted by Crippen LogP contribution is 1.96. The molecule has 0 atom stereocenters. The molecule has 0 unspecified atom stereocenters. The van der Waals surface area contributed by atoms with Gasteiger partial charge in [-0.15, -0.1) is 0 Å². The van der Waals surface area contributed by atoms with Gasteiger partial charge in [0.2, 0.25) is 0 Å². The van der Waals surface area contributed by atoms with Crippen LogP contribution in [-0.2, 0) is 0 Å². The zero-order valence-electron chi connectivity index (χ0n) is 8.34. The first-order valence-corrected chi connectivity index (χ1v) is 4.78. The minimum atomic E-state index is 0.153. The molecular formula is C10H12N4S. The van der Waals surface area contributed by atoms with Gasteiger partial charge >= 0.3 is 0 Å². The van der Waals surface area contributed by atoms with Crippen LogP contribution in [-0.4, -0.2) is 15.8 Å². The third-order valence-electron chi connectivity index (χ3n) is 1.53. The van der Waals surface area contributed by atoms with Crippen LogP contribution in [0.25, 0.3) is 6.08 Å². The van der Waals surface area contributed by atoms with E-state index in [0.29, 0.717) is 0 Å². The largest absolute Gasteiger partial charge is 0.375 e. The highest BCUT2D eigenvalue weighted by molar-refractivity contribution is 7.80. The summed E-state index contributed by atoms with van der Waals surface area (Å²) in [4.78, 5) is 4.13. The van der Waals surface area contributed by atoms with E-state index in [4.69, 9.17) is 5.73 Å². The van der Waals surface area contributed by atoms with Crippen molar-refractivity contribution in [1.29, 1.82) is 0 Å². The van der Waals surface area contributed by atoms with Crippen LogP contribution in [0.1, 0.15) is 12.6 Å². The first kappa shape index (κ1) is 11.3. The predicted molar refractivity (Wildman–Crippen MR) is 66.3 cm³/mol. The monoisotopic (exact) mass is 220 g/mol. The molecule has 0 aromatic carbocycles. The van der Waals surface area contributed by atoms with Gasteiger partial charge in [0.1, 0.15) is 0 Å². The van der Waals surface area contributed by atoms with E-state index >= 15 is 0 Å². The van der Waals surface area contributed by atoms with Crippen molar-refractivity contribution in [1.82, 2.24) is 10.4 Å². The highest BCUT2D eigenvalue weighted by Gasteiger charge is 1.87. The lowest BCUT2D eigenvalue weighted by molar-refractivity contribution is 1.03. The van der Waals surface area contributed by atoms with E-state index in [1.165, 1.54) is 0 Å². The van der Waals surface area contributed by atoms with E-state index in [1.54, 1.807) is 6.20 Å². The number of nitrogens with one attached hydrogen (secondary N) is 1. The number of aromatic nitrogens is 1. The lowest BCUT2D eigenvalue weighted by atomic mass is 10.3. The number of hydrazone groups is 1. The average molecular weight is 220 g/mol. The first-order valence-electron chi connectivity index (χ1n) is 4.37. The van der Waals surface area contributed by atoms with Gasteiger partial charge in [0.25, 0.3) is 0 Å². The summed E-state index contributed by atoms with van der Waals surface area (Å²) in [5.41, 5.74) is 9.38. The molecule has 0 radical (unpaired) electrons. The molecule has 0 amide bonds. The van der Waals surface area contributed by atoms with E-state index in [1.807, 2.05) is 37.3 Å². The van der Waals surface area contributed by atoms with E-state index < -0.39 is 0 Å². The molecule has 1 heterocycles. The summed E-state index contributed by atoms with van der Waals surface area (Å²) in [6.45, 7) is 1.84. The van der Waals surface area contributed by atoms with Crippen molar-refractivity contribution in [3.8, 4) is 0 Å². The SMILES string of the molecule is CC(/C=C/c1ccccn1)=N\NC(N)=S. The normalized spacial score (nSPS) is 11.7. The summed E-state index contributed by atoms with van der Waals surface area (Å²) >= 11 is 4.61. The van der Waals surface area contributed by atoms with Crippen LogP contribution in [0, 0.1) is 0 Å². The maximum absolute atomic E-state index is 5.22. The minimum Gasteiger partial charge on any atom is -0.375 e. The van der Waals surface area contributed by atoms with Gasteiger partial charge < -0.3 is 5.73 Å². The van der Waals surface area contributed by atoms with Gasteiger partial charge in [-0.25, -0.2) is 0 Å². The number of hydrogen-bond acceptors (Lipinski definition) is 3. The molecule has 5 heteroatoms. The summed E-state index contributed by atoms with van der Waals surface area (Å²) in [6, 6.07) is 5.70. The van der Waals surface area contributed by atoms with Crippen molar-refractivity contribution >= 4 is 29.1 Å². The maximum Gasteiger partial charge on any atom is 0.184 e. The second-order valence-electron chi connectivity index (χ2n) is 2.82. The first-order chi connectivity index (χ1) is 7.18. The third-order valence-corrected chi connectivity index (χ3v) is 1.62. The Morgan fingerprint density at radius 2 is 2.40 bits per heavy atom.